The summed E-state index contributed by atoms with van der Waals surface area (Å²) in [5.74, 6) is 0. The maximum absolute atomic E-state index is 11.1. The number of hydrogen-bond donors (Lipinski definition) is 0. The van der Waals surface area contributed by atoms with E-state index in [1.165, 1.54) is 12.3 Å². The smallest absolute Gasteiger partial charge is 0.176 e. The third-order valence-corrected chi connectivity index (χ3v) is 3.97. The lowest BCUT2D eigenvalue weighted by molar-refractivity contribution is 0.601. The summed E-state index contributed by atoms with van der Waals surface area (Å²) >= 11 is 7.62. The van der Waals surface area contributed by atoms with Gasteiger partial charge in [0.1, 0.15) is 0 Å². The normalized spacial score (nSPS) is 11.6. The van der Waals surface area contributed by atoms with Gasteiger partial charge >= 0.3 is 0 Å². The fourth-order valence-electron chi connectivity index (χ4n) is 0.761. The fourth-order valence-corrected chi connectivity index (χ4v) is 3.30. The first-order valence-corrected chi connectivity index (χ1v) is 6.41. The van der Waals surface area contributed by atoms with Crippen molar-refractivity contribution in [3.8, 4) is 0 Å². The van der Waals surface area contributed by atoms with E-state index in [0.29, 0.717) is 8.59 Å². The van der Waals surface area contributed by atoms with Crippen LogP contribution in [0.3, 0.4) is 0 Å². The molecule has 0 heterocycles. The second-order valence-electron chi connectivity index (χ2n) is 2.35. The van der Waals surface area contributed by atoms with Gasteiger partial charge in [-0.05, 0) is 40.8 Å². The van der Waals surface area contributed by atoms with Crippen molar-refractivity contribution in [1.29, 1.82) is 0 Å². The van der Waals surface area contributed by atoms with E-state index in [-0.39, 0.29) is 4.90 Å². The second-order valence-corrected chi connectivity index (χ2v) is 5.93. The number of sulfone groups is 1. The molecule has 0 saturated carbocycles. The zero-order valence-electron chi connectivity index (χ0n) is 6.21. The Morgan fingerprint density at radius 3 is 2.42 bits per heavy atom. The predicted molar refractivity (Wildman–Crippen MR) is 57.3 cm³/mol. The lowest BCUT2D eigenvalue weighted by Crippen LogP contribution is -1.99. The molecule has 0 N–H and O–H groups in total. The largest absolute Gasteiger partial charge is 0.224 e. The van der Waals surface area contributed by atoms with Crippen molar-refractivity contribution in [2.75, 3.05) is 6.26 Å². The van der Waals surface area contributed by atoms with Gasteiger partial charge in [-0.3, -0.25) is 0 Å². The number of hydrogen-bond acceptors (Lipinski definition) is 2. The monoisotopic (exact) mass is 316 g/mol. The van der Waals surface area contributed by atoms with Crippen LogP contribution in [0.4, 0.5) is 0 Å². The molecule has 5 heteroatoms. The van der Waals surface area contributed by atoms with Gasteiger partial charge in [-0.15, -0.1) is 0 Å². The second kappa shape index (κ2) is 3.51. The maximum Gasteiger partial charge on any atom is 0.176 e. The standard InChI is InChI=1S/C7H6ClIO2S/c1-12(10,11)7-4-5(8)2-3-6(7)9/h2-4H,1H3. The maximum atomic E-state index is 11.1. The van der Waals surface area contributed by atoms with Gasteiger partial charge in [0.25, 0.3) is 0 Å². The van der Waals surface area contributed by atoms with Crippen LogP contribution < -0.4 is 0 Å². The minimum Gasteiger partial charge on any atom is -0.224 e. The molecule has 0 radical (unpaired) electrons. The average molecular weight is 317 g/mol. The molecule has 0 unspecified atom stereocenters. The third kappa shape index (κ3) is 2.34. The summed E-state index contributed by atoms with van der Waals surface area (Å²) in [4.78, 5) is 0.288. The topological polar surface area (TPSA) is 34.1 Å². The minimum atomic E-state index is -3.15. The Balaban J connectivity index is 3.43. The fraction of sp³-hybridized carbons (Fsp3) is 0.143. The molecule has 0 fully saturated rings. The Hall–Kier alpha value is 0.190. The van der Waals surface area contributed by atoms with Gasteiger partial charge in [0, 0.05) is 14.8 Å². The Kier molecular flexibility index (Phi) is 3.01. The SMILES string of the molecule is CS(=O)(=O)c1cc(Cl)ccc1I. The van der Waals surface area contributed by atoms with E-state index in [2.05, 4.69) is 0 Å². The Morgan fingerprint density at radius 2 is 2.00 bits per heavy atom. The van der Waals surface area contributed by atoms with Crippen molar-refractivity contribution in [2.24, 2.45) is 0 Å². The zero-order chi connectivity index (χ0) is 9.35. The summed E-state index contributed by atoms with van der Waals surface area (Å²) in [7, 11) is -3.15. The summed E-state index contributed by atoms with van der Waals surface area (Å²) in [5, 5.41) is 0.441. The molecular weight excluding hydrogens is 310 g/mol. The zero-order valence-corrected chi connectivity index (χ0v) is 9.94. The van der Waals surface area contributed by atoms with E-state index < -0.39 is 9.84 Å². The Labute approximate surface area is 90.0 Å². The van der Waals surface area contributed by atoms with Crippen LogP contribution in [-0.4, -0.2) is 14.7 Å². The molecule has 1 aromatic carbocycles. The average Bonchev–Trinajstić information content (AvgIpc) is 1.92. The summed E-state index contributed by atoms with van der Waals surface area (Å²) in [5.41, 5.74) is 0. The van der Waals surface area contributed by atoms with Gasteiger partial charge in [-0.25, -0.2) is 8.42 Å². The molecule has 1 rings (SSSR count). The highest BCUT2D eigenvalue weighted by molar-refractivity contribution is 14.1. The van der Waals surface area contributed by atoms with Crippen LogP contribution >= 0.6 is 34.2 Å². The summed E-state index contributed by atoms with van der Waals surface area (Å²) < 4.78 is 23.0. The summed E-state index contributed by atoms with van der Waals surface area (Å²) in [6.07, 6.45) is 1.17. The molecule has 66 valence electrons. The van der Waals surface area contributed by atoms with Crippen LogP contribution in [0.2, 0.25) is 5.02 Å². The number of benzene rings is 1. The van der Waals surface area contributed by atoms with Crippen molar-refractivity contribution >= 4 is 44.0 Å². The first-order chi connectivity index (χ1) is 5.41. The van der Waals surface area contributed by atoms with Crippen LogP contribution in [0.25, 0.3) is 0 Å². The molecule has 0 spiro atoms. The lowest BCUT2D eigenvalue weighted by Gasteiger charge is -2.01. The van der Waals surface area contributed by atoms with E-state index in [1.54, 1.807) is 12.1 Å². The number of rotatable bonds is 1. The van der Waals surface area contributed by atoms with E-state index >= 15 is 0 Å². The van der Waals surface area contributed by atoms with Crippen molar-refractivity contribution in [3.63, 3.8) is 0 Å². The number of halogens is 2. The van der Waals surface area contributed by atoms with Crippen LogP contribution in [0.15, 0.2) is 23.1 Å². The van der Waals surface area contributed by atoms with E-state index in [4.69, 9.17) is 11.6 Å². The van der Waals surface area contributed by atoms with Gasteiger partial charge in [0.05, 0.1) is 4.90 Å². The van der Waals surface area contributed by atoms with Gasteiger partial charge in [-0.2, -0.15) is 0 Å². The highest BCUT2D eigenvalue weighted by atomic mass is 127. The predicted octanol–water partition coefficient (Wildman–Crippen LogP) is 2.35. The lowest BCUT2D eigenvalue weighted by atomic mass is 10.4. The van der Waals surface area contributed by atoms with Crippen LogP contribution in [-0.2, 0) is 9.84 Å². The highest BCUT2D eigenvalue weighted by Crippen LogP contribution is 2.21. The van der Waals surface area contributed by atoms with Gasteiger partial charge < -0.3 is 0 Å². The van der Waals surface area contributed by atoms with Crippen molar-refractivity contribution < 1.29 is 8.42 Å². The molecule has 0 saturated heterocycles. The molecule has 1 aromatic rings. The van der Waals surface area contributed by atoms with Crippen molar-refractivity contribution in [1.82, 2.24) is 0 Å². The molecule has 0 atom stereocenters. The van der Waals surface area contributed by atoms with Gasteiger partial charge in [-0.1, -0.05) is 11.6 Å². The summed E-state index contributed by atoms with van der Waals surface area (Å²) in [6.45, 7) is 0. The van der Waals surface area contributed by atoms with E-state index in [1.807, 2.05) is 22.6 Å². The third-order valence-electron chi connectivity index (χ3n) is 1.29. The molecule has 0 amide bonds. The Bertz CT molecular complexity index is 400. The molecule has 0 bridgehead atoms. The van der Waals surface area contributed by atoms with Crippen LogP contribution in [0, 0.1) is 3.57 Å². The summed E-state index contributed by atoms with van der Waals surface area (Å²) in [6, 6.07) is 4.80. The van der Waals surface area contributed by atoms with E-state index in [0.717, 1.165) is 0 Å². The van der Waals surface area contributed by atoms with Gasteiger partial charge in [0.15, 0.2) is 9.84 Å². The van der Waals surface area contributed by atoms with E-state index in [9.17, 15) is 8.42 Å². The molecule has 0 aliphatic heterocycles. The Morgan fingerprint density at radius 1 is 1.42 bits per heavy atom. The first-order valence-electron chi connectivity index (χ1n) is 3.06. The van der Waals surface area contributed by atoms with Crippen LogP contribution in [0.1, 0.15) is 0 Å². The van der Waals surface area contributed by atoms with Crippen molar-refractivity contribution in [3.05, 3.63) is 26.8 Å². The van der Waals surface area contributed by atoms with Gasteiger partial charge in [0.2, 0.25) is 0 Å². The molecule has 0 aromatic heterocycles. The highest BCUT2D eigenvalue weighted by Gasteiger charge is 2.11. The molecular formula is C7H6ClIO2S. The van der Waals surface area contributed by atoms with Crippen molar-refractivity contribution in [2.45, 2.75) is 4.90 Å². The molecule has 12 heavy (non-hydrogen) atoms. The first kappa shape index (κ1) is 10.3. The quantitative estimate of drug-likeness (QED) is 0.745. The van der Waals surface area contributed by atoms with Crippen LogP contribution in [0.5, 0.6) is 0 Å². The molecule has 2 nitrogen and oxygen atoms in total. The molecule has 0 aliphatic rings. The minimum absolute atomic E-state index is 0.288. The molecule has 0 aliphatic carbocycles.